The largest absolute Gasteiger partial charge is 0.324 e. The van der Waals surface area contributed by atoms with Gasteiger partial charge in [-0.2, -0.15) is 0 Å². The van der Waals surface area contributed by atoms with Crippen molar-refractivity contribution in [3.05, 3.63) is 46.4 Å². The lowest BCUT2D eigenvalue weighted by Crippen LogP contribution is -2.08. The summed E-state index contributed by atoms with van der Waals surface area (Å²) < 4.78 is 1.13. The molecule has 2 N–H and O–H groups in total. The Kier molecular flexibility index (Phi) is 3.08. The second-order valence-electron chi connectivity index (χ2n) is 3.70. The minimum atomic E-state index is 0.128. The third kappa shape index (κ3) is 1.92. The molecule has 0 saturated carbocycles. The van der Waals surface area contributed by atoms with Gasteiger partial charge in [0, 0.05) is 10.5 Å². The van der Waals surface area contributed by atoms with Crippen LogP contribution in [0.1, 0.15) is 24.9 Å². The number of halogens is 1. The van der Waals surface area contributed by atoms with Crippen molar-refractivity contribution in [1.29, 1.82) is 0 Å². The van der Waals surface area contributed by atoms with Crippen LogP contribution in [0.4, 0.5) is 0 Å². The van der Waals surface area contributed by atoms with Gasteiger partial charge >= 0.3 is 0 Å². The van der Waals surface area contributed by atoms with Crippen LogP contribution in [0, 0.1) is 0 Å². The van der Waals surface area contributed by atoms with E-state index in [1.807, 2.05) is 6.07 Å². The lowest BCUT2D eigenvalue weighted by molar-refractivity contribution is 0.704. The summed E-state index contributed by atoms with van der Waals surface area (Å²) in [5.74, 6) is 0. The molecule has 2 rings (SSSR count). The Bertz CT molecular complexity index is 479. The van der Waals surface area contributed by atoms with Gasteiger partial charge in [-0.25, -0.2) is 0 Å². The normalized spacial score (nSPS) is 13.0. The van der Waals surface area contributed by atoms with Crippen molar-refractivity contribution in [3.63, 3.8) is 0 Å². The Morgan fingerprint density at radius 2 is 1.80 bits per heavy atom. The predicted molar refractivity (Wildman–Crippen MR) is 68.9 cm³/mol. The smallest absolute Gasteiger partial charge is 0.0298 e. The second kappa shape index (κ2) is 4.33. The maximum atomic E-state index is 6.10. The third-order valence-corrected chi connectivity index (χ3v) is 3.44. The molecule has 0 aliphatic rings. The van der Waals surface area contributed by atoms with E-state index in [2.05, 4.69) is 53.2 Å². The topological polar surface area (TPSA) is 26.0 Å². The zero-order chi connectivity index (χ0) is 10.8. The molecule has 0 fully saturated rings. The van der Waals surface area contributed by atoms with Gasteiger partial charge in [0.05, 0.1) is 0 Å². The van der Waals surface area contributed by atoms with E-state index in [-0.39, 0.29) is 6.04 Å². The third-order valence-electron chi connectivity index (χ3n) is 2.74. The Morgan fingerprint density at radius 3 is 2.47 bits per heavy atom. The van der Waals surface area contributed by atoms with Gasteiger partial charge in [0.2, 0.25) is 0 Å². The van der Waals surface area contributed by atoms with Gasteiger partial charge in [-0.1, -0.05) is 53.2 Å². The lowest BCUT2D eigenvalue weighted by Gasteiger charge is -2.13. The molecular formula is C13H14BrN. The fraction of sp³-hybridized carbons (Fsp3) is 0.231. The van der Waals surface area contributed by atoms with E-state index in [1.165, 1.54) is 16.3 Å². The zero-order valence-electron chi connectivity index (χ0n) is 8.70. The van der Waals surface area contributed by atoms with Crippen LogP contribution in [0.3, 0.4) is 0 Å². The highest BCUT2D eigenvalue weighted by Gasteiger charge is 2.08. The maximum absolute atomic E-state index is 6.10. The van der Waals surface area contributed by atoms with Crippen molar-refractivity contribution in [2.75, 3.05) is 0 Å². The van der Waals surface area contributed by atoms with Crippen molar-refractivity contribution < 1.29 is 0 Å². The summed E-state index contributed by atoms with van der Waals surface area (Å²) in [7, 11) is 0. The fourth-order valence-electron chi connectivity index (χ4n) is 1.83. The number of nitrogens with two attached hydrogens (primary N) is 1. The molecule has 2 aromatic rings. The van der Waals surface area contributed by atoms with Crippen LogP contribution in [0.2, 0.25) is 0 Å². The van der Waals surface area contributed by atoms with E-state index >= 15 is 0 Å². The second-order valence-corrected chi connectivity index (χ2v) is 4.55. The van der Waals surface area contributed by atoms with Crippen LogP contribution in [0.25, 0.3) is 10.8 Å². The molecule has 0 amide bonds. The molecule has 0 heterocycles. The molecule has 0 aromatic heterocycles. The highest BCUT2D eigenvalue weighted by atomic mass is 79.9. The summed E-state index contributed by atoms with van der Waals surface area (Å²) in [5, 5.41) is 2.49. The molecule has 0 aliphatic carbocycles. The Labute approximate surface area is 98.4 Å². The molecule has 1 unspecified atom stereocenters. The van der Waals surface area contributed by atoms with Gasteiger partial charge in [-0.15, -0.1) is 0 Å². The molecule has 2 aromatic carbocycles. The van der Waals surface area contributed by atoms with Crippen molar-refractivity contribution in [2.24, 2.45) is 5.73 Å². The molecule has 0 saturated heterocycles. The van der Waals surface area contributed by atoms with Crippen LogP contribution in [-0.4, -0.2) is 0 Å². The molecule has 0 aliphatic heterocycles. The molecule has 0 spiro atoms. The van der Waals surface area contributed by atoms with Gasteiger partial charge in [0.1, 0.15) is 0 Å². The SMILES string of the molecule is CCC(N)c1ccc(Br)c2ccccc12. The summed E-state index contributed by atoms with van der Waals surface area (Å²) in [4.78, 5) is 0. The molecular weight excluding hydrogens is 250 g/mol. The van der Waals surface area contributed by atoms with Gasteiger partial charge < -0.3 is 5.73 Å². The van der Waals surface area contributed by atoms with Crippen LogP contribution >= 0.6 is 15.9 Å². The van der Waals surface area contributed by atoms with Crippen molar-refractivity contribution in [2.45, 2.75) is 19.4 Å². The van der Waals surface area contributed by atoms with Gasteiger partial charge in [-0.3, -0.25) is 0 Å². The molecule has 1 nitrogen and oxygen atoms in total. The first-order valence-electron chi connectivity index (χ1n) is 5.16. The summed E-state index contributed by atoms with van der Waals surface area (Å²) in [6, 6.07) is 12.7. The molecule has 1 atom stereocenters. The van der Waals surface area contributed by atoms with Gasteiger partial charge in [0.15, 0.2) is 0 Å². The molecule has 78 valence electrons. The molecule has 15 heavy (non-hydrogen) atoms. The first-order valence-corrected chi connectivity index (χ1v) is 5.96. The Hall–Kier alpha value is -0.860. The zero-order valence-corrected chi connectivity index (χ0v) is 10.3. The average molecular weight is 264 g/mol. The first-order chi connectivity index (χ1) is 7.24. The summed E-state index contributed by atoms with van der Waals surface area (Å²) in [5.41, 5.74) is 7.33. The van der Waals surface area contributed by atoms with Crippen LogP contribution in [-0.2, 0) is 0 Å². The number of hydrogen-bond acceptors (Lipinski definition) is 1. The Morgan fingerprint density at radius 1 is 1.13 bits per heavy atom. The van der Waals surface area contributed by atoms with Crippen LogP contribution in [0.5, 0.6) is 0 Å². The minimum Gasteiger partial charge on any atom is -0.324 e. The predicted octanol–water partition coefficient (Wildman–Crippen LogP) is 4.01. The monoisotopic (exact) mass is 263 g/mol. The van der Waals surface area contributed by atoms with E-state index in [1.54, 1.807) is 0 Å². The highest BCUT2D eigenvalue weighted by Crippen LogP contribution is 2.30. The quantitative estimate of drug-likeness (QED) is 0.871. The number of hydrogen-bond donors (Lipinski definition) is 1. The van der Waals surface area contributed by atoms with E-state index in [4.69, 9.17) is 5.73 Å². The standard InChI is InChI=1S/C13H14BrN/c1-2-13(15)11-7-8-12(14)10-6-4-3-5-9(10)11/h3-8,13H,2,15H2,1H3. The van der Waals surface area contributed by atoms with Crippen molar-refractivity contribution in [1.82, 2.24) is 0 Å². The van der Waals surface area contributed by atoms with E-state index in [0.29, 0.717) is 0 Å². The van der Waals surface area contributed by atoms with Crippen LogP contribution < -0.4 is 5.73 Å². The number of fused-ring (bicyclic) bond motifs is 1. The van der Waals surface area contributed by atoms with Crippen molar-refractivity contribution >= 4 is 26.7 Å². The summed E-state index contributed by atoms with van der Waals surface area (Å²) in [6.45, 7) is 2.11. The van der Waals surface area contributed by atoms with E-state index in [0.717, 1.165) is 10.9 Å². The molecule has 0 bridgehead atoms. The minimum absolute atomic E-state index is 0.128. The number of rotatable bonds is 2. The molecule has 2 heteroatoms. The summed E-state index contributed by atoms with van der Waals surface area (Å²) in [6.07, 6.45) is 0.964. The first kappa shape index (κ1) is 10.7. The average Bonchev–Trinajstić information content (AvgIpc) is 2.29. The van der Waals surface area contributed by atoms with E-state index in [9.17, 15) is 0 Å². The maximum Gasteiger partial charge on any atom is 0.0298 e. The van der Waals surface area contributed by atoms with Gasteiger partial charge in [0.25, 0.3) is 0 Å². The Balaban J connectivity index is 2.71. The fourth-order valence-corrected chi connectivity index (χ4v) is 2.31. The van der Waals surface area contributed by atoms with E-state index < -0.39 is 0 Å². The molecule has 0 radical (unpaired) electrons. The number of benzene rings is 2. The van der Waals surface area contributed by atoms with Crippen molar-refractivity contribution in [3.8, 4) is 0 Å². The highest BCUT2D eigenvalue weighted by molar-refractivity contribution is 9.10. The van der Waals surface area contributed by atoms with Gasteiger partial charge in [-0.05, 0) is 28.8 Å². The summed E-state index contributed by atoms with van der Waals surface area (Å²) >= 11 is 3.56. The van der Waals surface area contributed by atoms with Crippen LogP contribution in [0.15, 0.2) is 40.9 Å². The lowest BCUT2D eigenvalue weighted by atomic mass is 9.98.